The van der Waals surface area contributed by atoms with E-state index in [1.807, 2.05) is 10.9 Å². The first-order valence-corrected chi connectivity index (χ1v) is 6.60. The van der Waals surface area contributed by atoms with Gasteiger partial charge in [0.1, 0.15) is 0 Å². The van der Waals surface area contributed by atoms with Gasteiger partial charge in [-0.3, -0.25) is 4.68 Å². The number of nitriles is 1. The lowest BCUT2D eigenvalue weighted by molar-refractivity contribution is 0.263. The Labute approximate surface area is 103 Å². The lowest BCUT2D eigenvalue weighted by Crippen LogP contribution is -2.25. The summed E-state index contributed by atoms with van der Waals surface area (Å²) in [6.45, 7) is 4.24. The van der Waals surface area contributed by atoms with Crippen LogP contribution in [0.1, 0.15) is 57.7 Å². The van der Waals surface area contributed by atoms with Gasteiger partial charge in [0.2, 0.25) is 0 Å². The van der Waals surface area contributed by atoms with Crippen molar-refractivity contribution in [2.24, 2.45) is 5.41 Å². The van der Waals surface area contributed by atoms with Crippen molar-refractivity contribution >= 4 is 0 Å². The van der Waals surface area contributed by atoms with Gasteiger partial charge in [-0.05, 0) is 32.8 Å². The maximum atomic E-state index is 9.43. The Bertz CT molecular complexity index is 405. The molecule has 0 atom stereocenters. The van der Waals surface area contributed by atoms with Crippen LogP contribution in [0, 0.1) is 16.7 Å². The van der Waals surface area contributed by atoms with Gasteiger partial charge < -0.3 is 0 Å². The quantitative estimate of drug-likeness (QED) is 0.799. The van der Waals surface area contributed by atoms with Gasteiger partial charge in [0, 0.05) is 18.7 Å². The van der Waals surface area contributed by atoms with Gasteiger partial charge in [0.05, 0.1) is 17.2 Å². The molecule has 1 aliphatic rings. The van der Waals surface area contributed by atoms with Crippen molar-refractivity contribution in [1.29, 1.82) is 5.26 Å². The number of hydrogen-bond acceptors (Lipinski definition) is 2. The minimum Gasteiger partial charge on any atom is -0.270 e. The molecule has 0 saturated heterocycles. The van der Waals surface area contributed by atoms with Crippen LogP contribution in [0.2, 0.25) is 0 Å². The molecule has 0 aromatic carbocycles. The Morgan fingerprint density at radius 3 is 2.65 bits per heavy atom. The summed E-state index contributed by atoms with van der Waals surface area (Å²) < 4.78 is 1.98. The summed E-state index contributed by atoms with van der Waals surface area (Å²) in [7, 11) is 0. The number of rotatable bonds is 3. The first kappa shape index (κ1) is 12.2. The zero-order chi connectivity index (χ0) is 12.3. The summed E-state index contributed by atoms with van der Waals surface area (Å²) in [6.07, 6.45) is 8.59. The normalized spacial score (nSPS) is 19.2. The van der Waals surface area contributed by atoms with Crippen LogP contribution in [-0.4, -0.2) is 9.78 Å². The van der Waals surface area contributed by atoms with Crippen LogP contribution in [0.4, 0.5) is 0 Å². The monoisotopic (exact) mass is 231 g/mol. The third kappa shape index (κ3) is 2.69. The van der Waals surface area contributed by atoms with Crippen LogP contribution in [0.5, 0.6) is 0 Å². The highest BCUT2D eigenvalue weighted by Crippen LogP contribution is 2.38. The van der Waals surface area contributed by atoms with E-state index in [0.29, 0.717) is 6.04 Å². The van der Waals surface area contributed by atoms with E-state index in [9.17, 15) is 5.26 Å². The van der Waals surface area contributed by atoms with E-state index in [0.717, 1.165) is 25.0 Å². The molecule has 0 N–H and O–H groups in total. The average Bonchev–Trinajstić information content (AvgIpc) is 2.79. The van der Waals surface area contributed by atoms with Crippen LogP contribution in [0.15, 0.2) is 12.3 Å². The van der Waals surface area contributed by atoms with Gasteiger partial charge in [0.15, 0.2) is 0 Å². The summed E-state index contributed by atoms with van der Waals surface area (Å²) in [4.78, 5) is 0. The first-order valence-electron chi connectivity index (χ1n) is 6.60. The highest BCUT2D eigenvalue weighted by molar-refractivity contribution is 5.11. The standard InChI is InChI=1S/C14H21N3/c1-12(2)17-9-6-13(16-17)10-14(11-15)7-4-3-5-8-14/h6,9,12H,3-5,7-8,10H2,1-2H3. The molecule has 0 aliphatic heterocycles. The maximum absolute atomic E-state index is 9.43. The Hall–Kier alpha value is -1.30. The predicted octanol–water partition coefficient (Wildman–Crippen LogP) is 3.48. The molecular weight excluding hydrogens is 210 g/mol. The molecule has 1 saturated carbocycles. The van der Waals surface area contributed by atoms with Crippen LogP contribution in [0.25, 0.3) is 0 Å². The molecule has 1 aromatic rings. The molecule has 1 fully saturated rings. The summed E-state index contributed by atoms with van der Waals surface area (Å²) in [5.41, 5.74) is 0.927. The largest absolute Gasteiger partial charge is 0.270 e. The molecule has 17 heavy (non-hydrogen) atoms. The number of nitrogens with zero attached hydrogens (tertiary/aromatic N) is 3. The Morgan fingerprint density at radius 2 is 2.12 bits per heavy atom. The second-order valence-electron chi connectivity index (χ2n) is 5.51. The van der Waals surface area contributed by atoms with Crippen molar-refractivity contribution in [3.63, 3.8) is 0 Å². The highest BCUT2D eigenvalue weighted by atomic mass is 15.3. The number of aromatic nitrogens is 2. The van der Waals surface area contributed by atoms with Crippen molar-refractivity contribution in [3.8, 4) is 6.07 Å². The minimum absolute atomic E-state index is 0.144. The molecule has 0 unspecified atom stereocenters. The van der Waals surface area contributed by atoms with Crippen LogP contribution in [-0.2, 0) is 6.42 Å². The second kappa shape index (κ2) is 4.91. The van der Waals surface area contributed by atoms with Crippen LogP contribution < -0.4 is 0 Å². The predicted molar refractivity (Wildman–Crippen MR) is 67.4 cm³/mol. The molecule has 0 amide bonds. The molecule has 1 heterocycles. The van der Waals surface area contributed by atoms with Crippen molar-refractivity contribution in [2.75, 3.05) is 0 Å². The third-order valence-electron chi connectivity index (χ3n) is 3.76. The summed E-state index contributed by atoms with van der Waals surface area (Å²) in [5.74, 6) is 0. The SMILES string of the molecule is CC(C)n1ccc(CC2(C#N)CCCCC2)n1. The topological polar surface area (TPSA) is 41.6 Å². The molecule has 3 nitrogen and oxygen atoms in total. The van der Waals surface area contributed by atoms with E-state index < -0.39 is 0 Å². The van der Waals surface area contributed by atoms with Gasteiger partial charge in [-0.2, -0.15) is 10.4 Å². The Morgan fingerprint density at radius 1 is 1.41 bits per heavy atom. The number of hydrogen-bond donors (Lipinski definition) is 0. The summed E-state index contributed by atoms with van der Waals surface area (Å²) in [5, 5.41) is 14.0. The van der Waals surface area contributed by atoms with E-state index in [-0.39, 0.29) is 5.41 Å². The first-order chi connectivity index (χ1) is 8.15. The van der Waals surface area contributed by atoms with E-state index in [2.05, 4.69) is 31.1 Å². The fourth-order valence-electron chi connectivity index (χ4n) is 2.66. The molecule has 0 radical (unpaired) electrons. The second-order valence-corrected chi connectivity index (χ2v) is 5.51. The van der Waals surface area contributed by atoms with E-state index in [1.165, 1.54) is 19.3 Å². The molecule has 3 heteroatoms. The maximum Gasteiger partial charge on any atom is 0.0693 e. The Balaban J connectivity index is 2.10. The van der Waals surface area contributed by atoms with Crippen LogP contribution >= 0.6 is 0 Å². The van der Waals surface area contributed by atoms with Crippen molar-refractivity contribution < 1.29 is 0 Å². The van der Waals surface area contributed by atoms with Gasteiger partial charge in [-0.1, -0.05) is 19.3 Å². The third-order valence-corrected chi connectivity index (χ3v) is 3.76. The smallest absolute Gasteiger partial charge is 0.0693 e. The molecule has 0 spiro atoms. The lowest BCUT2D eigenvalue weighted by Gasteiger charge is -2.29. The van der Waals surface area contributed by atoms with Crippen LogP contribution in [0.3, 0.4) is 0 Å². The molecule has 0 bridgehead atoms. The van der Waals surface area contributed by atoms with E-state index >= 15 is 0 Å². The molecule has 1 aromatic heterocycles. The molecule has 92 valence electrons. The van der Waals surface area contributed by atoms with Crippen molar-refractivity contribution in [2.45, 2.75) is 58.4 Å². The fourth-order valence-corrected chi connectivity index (χ4v) is 2.66. The summed E-state index contributed by atoms with van der Waals surface area (Å²) in [6, 6.07) is 5.01. The minimum atomic E-state index is -0.144. The highest BCUT2D eigenvalue weighted by Gasteiger charge is 2.32. The zero-order valence-electron chi connectivity index (χ0n) is 10.8. The fraction of sp³-hybridized carbons (Fsp3) is 0.714. The molecular formula is C14H21N3. The zero-order valence-corrected chi connectivity index (χ0v) is 10.8. The summed E-state index contributed by atoms with van der Waals surface area (Å²) >= 11 is 0. The van der Waals surface area contributed by atoms with Crippen molar-refractivity contribution in [3.05, 3.63) is 18.0 Å². The lowest BCUT2D eigenvalue weighted by atomic mass is 9.72. The molecule has 2 rings (SSSR count). The van der Waals surface area contributed by atoms with Crippen molar-refractivity contribution in [1.82, 2.24) is 9.78 Å². The van der Waals surface area contributed by atoms with Gasteiger partial charge in [-0.25, -0.2) is 0 Å². The van der Waals surface area contributed by atoms with Gasteiger partial charge >= 0.3 is 0 Å². The van der Waals surface area contributed by atoms with E-state index in [4.69, 9.17) is 0 Å². The van der Waals surface area contributed by atoms with Gasteiger partial charge in [-0.15, -0.1) is 0 Å². The molecule has 1 aliphatic carbocycles. The Kier molecular flexibility index (Phi) is 3.51. The van der Waals surface area contributed by atoms with Gasteiger partial charge in [0.25, 0.3) is 0 Å². The average molecular weight is 231 g/mol. The van der Waals surface area contributed by atoms with E-state index in [1.54, 1.807) is 0 Å².